The van der Waals surface area contributed by atoms with Crippen LogP contribution < -0.4 is 19.9 Å². The summed E-state index contributed by atoms with van der Waals surface area (Å²) in [5.74, 6) is 1.76. The summed E-state index contributed by atoms with van der Waals surface area (Å²) in [6, 6.07) is 13.6. The predicted octanol–water partition coefficient (Wildman–Crippen LogP) is 3.27. The van der Waals surface area contributed by atoms with Gasteiger partial charge in [-0.1, -0.05) is 23.4 Å². The molecule has 1 N–H and O–H groups in total. The van der Waals surface area contributed by atoms with Crippen molar-refractivity contribution in [1.29, 1.82) is 0 Å². The zero-order valence-electron chi connectivity index (χ0n) is 18.3. The lowest BCUT2D eigenvalue weighted by molar-refractivity contribution is -0.118. The van der Waals surface area contributed by atoms with E-state index >= 15 is 0 Å². The summed E-state index contributed by atoms with van der Waals surface area (Å²) in [5.41, 5.74) is 2.17. The fourth-order valence-corrected chi connectivity index (χ4v) is 4.39. The second kappa shape index (κ2) is 11.2. The predicted molar refractivity (Wildman–Crippen MR) is 131 cm³/mol. The molecule has 2 aromatic heterocycles. The van der Waals surface area contributed by atoms with Crippen molar-refractivity contribution in [1.82, 2.24) is 20.3 Å². The van der Waals surface area contributed by atoms with E-state index in [9.17, 15) is 4.79 Å². The van der Waals surface area contributed by atoms with Gasteiger partial charge in [-0.2, -0.15) is 0 Å². The Kier molecular flexibility index (Phi) is 7.85. The highest BCUT2D eigenvalue weighted by atomic mass is 35.5. The molecule has 0 aliphatic carbocycles. The van der Waals surface area contributed by atoms with Crippen molar-refractivity contribution in [3.8, 4) is 5.75 Å². The van der Waals surface area contributed by atoms with Crippen LogP contribution in [0.2, 0.25) is 5.15 Å². The Labute approximate surface area is 202 Å². The van der Waals surface area contributed by atoms with Crippen LogP contribution in [0.1, 0.15) is 5.56 Å². The smallest absolute Gasteiger partial charge is 0.230 e. The normalized spacial score (nSPS) is 13.6. The maximum absolute atomic E-state index is 12.2. The summed E-state index contributed by atoms with van der Waals surface area (Å²) in [4.78, 5) is 29.6. The van der Waals surface area contributed by atoms with Crippen molar-refractivity contribution in [2.24, 2.45) is 0 Å². The number of pyridine rings is 1. The molecule has 4 rings (SSSR count). The number of carbonyl (C=O) groups excluding carboxylic acids is 1. The molecule has 0 unspecified atom stereocenters. The van der Waals surface area contributed by atoms with E-state index in [1.54, 1.807) is 25.6 Å². The largest absolute Gasteiger partial charge is 0.497 e. The van der Waals surface area contributed by atoms with Crippen molar-refractivity contribution in [2.75, 3.05) is 48.8 Å². The molecular formula is C23H25ClN6O2S. The van der Waals surface area contributed by atoms with Gasteiger partial charge >= 0.3 is 0 Å². The molecule has 0 bridgehead atoms. The quantitative estimate of drug-likeness (QED) is 0.296. The number of amides is 1. The molecule has 1 saturated heterocycles. The van der Waals surface area contributed by atoms with Gasteiger partial charge in [0.15, 0.2) is 5.16 Å². The molecular weight excluding hydrogens is 460 g/mol. The highest BCUT2D eigenvalue weighted by Gasteiger charge is 2.20. The van der Waals surface area contributed by atoms with E-state index in [4.69, 9.17) is 16.3 Å². The molecule has 8 nitrogen and oxygen atoms in total. The molecule has 1 aromatic carbocycles. The Morgan fingerprint density at radius 2 is 1.76 bits per heavy atom. The summed E-state index contributed by atoms with van der Waals surface area (Å²) in [6.45, 7) is 3.83. The van der Waals surface area contributed by atoms with Gasteiger partial charge in [0.05, 0.1) is 12.9 Å². The first-order chi connectivity index (χ1) is 16.1. The van der Waals surface area contributed by atoms with Crippen LogP contribution in [0.4, 0.5) is 11.5 Å². The molecule has 172 valence electrons. The van der Waals surface area contributed by atoms with Crippen LogP contribution in [0.5, 0.6) is 5.75 Å². The fourth-order valence-electron chi connectivity index (χ4n) is 3.48. The van der Waals surface area contributed by atoms with E-state index in [-0.39, 0.29) is 11.7 Å². The van der Waals surface area contributed by atoms with Crippen LogP contribution in [0.25, 0.3) is 0 Å². The van der Waals surface area contributed by atoms with Crippen molar-refractivity contribution >= 4 is 40.8 Å². The van der Waals surface area contributed by atoms with Gasteiger partial charge in [0.2, 0.25) is 5.91 Å². The van der Waals surface area contributed by atoms with E-state index in [0.717, 1.165) is 43.3 Å². The van der Waals surface area contributed by atoms with Gasteiger partial charge in [-0.3, -0.25) is 9.78 Å². The topological polar surface area (TPSA) is 83.5 Å². The van der Waals surface area contributed by atoms with Gasteiger partial charge in [0.25, 0.3) is 0 Å². The minimum atomic E-state index is -0.0879. The second-order valence-corrected chi connectivity index (χ2v) is 8.75. The Morgan fingerprint density at radius 1 is 1.06 bits per heavy atom. The molecule has 0 radical (unpaired) electrons. The highest BCUT2D eigenvalue weighted by molar-refractivity contribution is 7.99. The first kappa shape index (κ1) is 23.1. The van der Waals surface area contributed by atoms with Crippen LogP contribution in [0, 0.1) is 0 Å². The number of aromatic nitrogens is 3. The van der Waals surface area contributed by atoms with Gasteiger partial charge in [-0.05, 0) is 42.0 Å². The van der Waals surface area contributed by atoms with Gasteiger partial charge < -0.3 is 19.9 Å². The van der Waals surface area contributed by atoms with E-state index < -0.39 is 0 Å². The third-order valence-electron chi connectivity index (χ3n) is 5.27. The van der Waals surface area contributed by atoms with Crippen molar-refractivity contribution < 1.29 is 9.53 Å². The van der Waals surface area contributed by atoms with Gasteiger partial charge in [-0.15, -0.1) is 0 Å². The molecule has 1 fully saturated rings. The van der Waals surface area contributed by atoms with Crippen LogP contribution >= 0.6 is 23.4 Å². The standard InChI is InChI=1S/C23H25ClN6O2S/c1-32-19-4-2-18(3-5-19)29-10-12-30(13-11-29)21-14-20(24)27-23(28-21)33-16-22(31)26-15-17-6-8-25-9-7-17/h2-9,14H,10-13,15-16H2,1H3,(H,26,31). The number of carbonyl (C=O) groups is 1. The number of anilines is 2. The van der Waals surface area contributed by atoms with Crippen molar-refractivity contribution in [3.05, 3.63) is 65.6 Å². The summed E-state index contributed by atoms with van der Waals surface area (Å²) in [7, 11) is 1.67. The number of nitrogens with zero attached hydrogens (tertiary/aromatic N) is 5. The summed E-state index contributed by atoms with van der Waals surface area (Å²) < 4.78 is 5.24. The first-order valence-corrected chi connectivity index (χ1v) is 11.9. The van der Waals surface area contributed by atoms with Gasteiger partial charge in [0.1, 0.15) is 16.7 Å². The average molecular weight is 485 g/mol. The Bertz CT molecular complexity index is 1060. The number of ether oxygens (including phenoxy) is 1. The van der Waals surface area contributed by atoms with E-state index in [0.29, 0.717) is 16.9 Å². The summed E-state index contributed by atoms with van der Waals surface area (Å²) in [6.07, 6.45) is 3.41. The number of piperazine rings is 1. The fraction of sp³-hybridized carbons (Fsp3) is 0.304. The van der Waals surface area contributed by atoms with E-state index in [2.05, 4.69) is 42.2 Å². The summed E-state index contributed by atoms with van der Waals surface area (Å²) >= 11 is 7.54. The highest BCUT2D eigenvalue weighted by Crippen LogP contribution is 2.25. The Hall–Kier alpha value is -3.04. The lowest BCUT2D eigenvalue weighted by Gasteiger charge is -2.36. The molecule has 10 heteroatoms. The minimum absolute atomic E-state index is 0.0879. The molecule has 33 heavy (non-hydrogen) atoms. The first-order valence-electron chi connectivity index (χ1n) is 10.6. The molecule has 0 saturated carbocycles. The molecule has 0 spiro atoms. The van der Waals surface area contributed by atoms with Gasteiger partial charge in [-0.25, -0.2) is 9.97 Å². The van der Waals surface area contributed by atoms with E-state index in [1.165, 1.54) is 17.4 Å². The zero-order valence-corrected chi connectivity index (χ0v) is 19.8. The van der Waals surface area contributed by atoms with Crippen LogP contribution in [0.3, 0.4) is 0 Å². The number of methoxy groups -OCH3 is 1. The monoisotopic (exact) mass is 484 g/mol. The lowest BCUT2D eigenvalue weighted by Crippen LogP contribution is -2.46. The van der Waals surface area contributed by atoms with Crippen LogP contribution in [0.15, 0.2) is 60.0 Å². The molecule has 1 amide bonds. The molecule has 1 aliphatic heterocycles. The van der Waals surface area contributed by atoms with Crippen LogP contribution in [-0.2, 0) is 11.3 Å². The van der Waals surface area contributed by atoms with Crippen LogP contribution in [-0.4, -0.2) is 59.9 Å². The number of thioether (sulfide) groups is 1. The number of hydrogen-bond acceptors (Lipinski definition) is 8. The summed E-state index contributed by atoms with van der Waals surface area (Å²) in [5, 5.41) is 3.76. The number of halogens is 1. The van der Waals surface area contributed by atoms with E-state index in [1.807, 2.05) is 24.3 Å². The lowest BCUT2D eigenvalue weighted by atomic mass is 10.2. The van der Waals surface area contributed by atoms with Crippen molar-refractivity contribution in [3.63, 3.8) is 0 Å². The second-order valence-electron chi connectivity index (χ2n) is 7.42. The molecule has 0 atom stereocenters. The number of nitrogens with one attached hydrogen (secondary N) is 1. The number of benzene rings is 1. The zero-order chi connectivity index (χ0) is 23.0. The number of hydrogen-bond donors (Lipinski definition) is 1. The van der Waals surface area contributed by atoms with Gasteiger partial charge in [0, 0.05) is 56.9 Å². The molecule has 3 heterocycles. The third kappa shape index (κ3) is 6.49. The SMILES string of the molecule is COc1ccc(N2CCN(c3cc(Cl)nc(SCC(=O)NCc4ccncc4)n3)CC2)cc1. The molecule has 3 aromatic rings. The van der Waals surface area contributed by atoms with Crippen molar-refractivity contribution in [2.45, 2.75) is 11.7 Å². The maximum atomic E-state index is 12.2. The average Bonchev–Trinajstić information content (AvgIpc) is 2.87. The minimum Gasteiger partial charge on any atom is -0.497 e. The third-order valence-corrected chi connectivity index (χ3v) is 6.31. The Balaban J connectivity index is 1.30. The number of rotatable bonds is 8. The Morgan fingerprint density at radius 3 is 2.45 bits per heavy atom. The maximum Gasteiger partial charge on any atom is 0.230 e. The molecule has 1 aliphatic rings.